The highest BCUT2D eigenvalue weighted by molar-refractivity contribution is 6.08. The van der Waals surface area contributed by atoms with Crippen LogP contribution in [0.4, 0.5) is 15.8 Å². The maximum atomic E-state index is 13.8. The molecule has 3 rings (SSSR count). The number of hydrogen-bond donors (Lipinski definition) is 1. The summed E-state index contributed by atoms with van der Waals surface area (Å²) in [6, 6.07) is 7.48. The van der Waals surface area contributed by atoms with Gasteiger partial charge in [0.1, 0.15) is 5.82 Å². The van der Waals surface area contributed by atoms with Crippen LogP contribution >= 0.6 is 0 Å². The number of hydrogen-bond acceptors (Lipinski definition) is 3. The number of rotatable bonds is 2. The summed E-state index contributed by atoms with van der Waals surface area (Å²) < 4.78 is 13.8. The molecule has 1 amide bonds. The zero-order valence-electron chi connectivity index (χ0n) is 14.7. The number of benzene rings is 1. The molecule has 0 unspecified atom stereocenters. The summed E-state index contributed by atoms with van der Waals surface area (Å²) in [6.07, 6.45) is 0.763. The van der Waals surface area contributed by atoms with Crippen molar-refractivity contribution >= 4 is 17.3 Å². The number of amides is 1. The Morgan fingerprint density at radius 2 is 1.92 bits per heavy atom. The smallest absolute Gasteiger partial charge is 0.258 e. The zero-order valence-corrected chi connectivity index (χ0v) is 14.7. The molecule has 0 aliphatic carbocycles. The standard InChI is InChI=1S/C19H22FN3O2/c1-12(2)15-9-13(10-18(24)21-15)19(25)23-8-4-7-22(3)16-6-5-14(20)11-17(16)23/h5-6,9-12H,4,7-8H2,1-3H3,(H,21,24). The molecule has 25 heavy (non-hydrogen) atoms. The van der Waals surface area contributed by atoms with Gasteiger partial charge in [0.05, 0.1) is 11.4 Å². The lowest BCUT2D eigenvalue weighted by atomic mass is 10.1. The molecule has 0 saturated carbocycles. The van der Waals surface area contributed by atoms with Crippen LogP contribution in [0.5, 0.6) is 0 Å². The molecule has 2 heterocycles. The Morgan fingerprint density at radius 1 is 1.16 bits per heavy atom. The highest BCUT2D eigenvalue weighted by atomic mass is 19.1. The van der Waals surface area contributed by atoms with Gasteiger partial charge in [0.25, 0.3) is 5.91 Å². The molecule has 6 heteroatoms. The summed E-state index contributed by atoms with van der Waals surface area (Å²) in [5.74, 6) is -0.573. The van der Waals surface area contributed by atoms with E-state index >= 15 is 0 Å². The molecule has 1 aromatic carbocycles. The molecule has 1 aliphatic rings. The van der Waals surface area contributed by atoms with E-state index in [9.17, 15) is 14.0 Å². The molecule has 0 fully saturated rings. The van der Waals surface area contributed by atoms with Crippen LogP contribution in [0.25, 0.3) is 0 Å². The third-order valence-electron chi connectivity index (χ3n) is 4.49. The first kappa shape index (κ1) is 17.2. The molecule has 1 aromatic heterocycles. The third-order valence-corrected chi connectivity index (χ3v) is 4.49. The Labute approximate surface area is 146 Å². The van der Waals surface area contributed by atoms with E-state index in [0.29, 0.717) is 23.5 Å². The van der Waals surface area contributed by atoms with Gasteiger partial charge in [-0.15, -0.1) is 0 Å². The SMILES string of the molecule is CC(C)c1cc(C(=O)N2CCCN(C)c3ccc(F)cc32)cc(=O)[nH]1. The van der Waals surface area contributed by atoms with E-state index in [-0.39, 0.29) is 23.2 Å². The summed E-state index contributed by atoms with van der Waals surface area (Å²) in [6.45, 7) is 5.15. The molecule has 0 saturated heterocycles. The maximum Gasteiger partial charge on any atom is 0.258 e. The zero-order chi connectivity index (χ0) is 18.1. The number of aromatic nitrogens is 1. The van der Waals surface area contributed by atoms with Gasteiger partial charge in [-0.2, -0.15) is 0 Å². The van der Waals surface area contributed by atoms with Crippen molar-refractivity contribution in [2.75, 3.05) is 29.9 Å². The van der Waals surface area contributed by atoms with Crippen molar-refractivity contribution in [1.82, 2.24) is 4.98 Å². The Balaban J connectivity index is 2.07. The van der Waals surface area contributed by atoms with Crippen molar-refractivity contribution in [3.8, 4) is 0 Å². The first-order valence-corrected chi connectivity index (χ1v) is 8.43. The number of nitrogens with one attached hydrogen (secondary N) is 1. The second kappa shape index (κ2) is 6.70. The van der Waals surface area contributed by atoms with E-state index in [1.165, 1.54) is 18.2 Å². The van der Waals surface area contributed by atoms with Gasteiger partial charge < -0.3 is 14.8 Å². The van der Waals surface area contributed by atoms with E-state index in [2.05, 4.69) is 4.98 Å². The molecule has 5 nitrogen and oxygen atoms in total. The number of fused-ring (bicyclic) bond motifs is 1. The van der Waals surface area contributed by atoms with E-state index in [1.807, 2.05) is 25.8 Å². The molecular weight excluding hydrogens is 321 g/mol. The fourth-order valence-electron chi connectivity index (χ4n) is 3.11. The summed E-state index contributed by atoms with van der Waals surface area (Å²) in [4.78, 5) is 31.4. The summed E-state index contributed by atoms with van der Waals surface area (Å²) in [7, 11) is 1.93. The minimum absolute atomic E-state index is 0.0976. The van der Waals surface area contributed by atoms with Crippen molar-refractivity contribution in [2.45, 2.75) is 26.2 Å². The predicted molar refractivity (Wildman–Crippen MR) is 97.1 cm³/mol. The molecule has 0 bridgehead atoms. The fourth-order valence-corrected chi connectivity index (χ4v) is 3.11. The highest BCUT2D eigenvalue weighted by Gasteiger charge is 2.25. The van der Waals surface area contributed by atoms with Crippen molar-refractivity contribution < 1.29 is 9.18 Å². The molecule has 0 radical (unpaired) electrons. The first-order valence-electron chi connectivity index (χ1n) is 8.43. The quantitative estimate of drug-likeness (QED) is 0.911. The fraction of sp³-hybridized carbons (Fsp3) is 0.368. The van der Waals surface area contributed by atoms with Gasteiger partial charge in [0, 0.05) is 37.5 Å². The van der Waals surface area contributed by atoms with Crippen LogP contribution in [0.2, 0.25) is 0 Å². The van der Waals surface area contributed by atoms with E-state index in [4.69, 9.17) is 0 Å². The Kier molecular flexibility index (Phi) is 4.61. The molecule has 0 atom stereocenters. The van der Waals surface area contributed by atoms with Crippen molar-refractivity contribution in [3.63, 3.8) is 0 Å². The Morgan fingerprint density at radius 3 is 2.64 bits per heavy atom. The van der Waals surface area contributed by atoms with Gasteiger partial charge in [0.2, 0.25) is 5.56 Å². The Bertz CT molecular complexity index is 860. The Hall–Kier alpha value is -2.63. The molecule has 0 spiro atoms. The van der Waals surface area contributed by atoms with Gasteiger partial charge in [0.15, 0.2) is 0 Å². The molecule has 132 valence electrons. The predicted octanol–water partition coefficient (Wildman–Crippen LogP) is 3.12. The number of carbonyl (C=O) groups is 1. The number of aromatic amines is 1. The maximum absolute atomic E-state index is 13.8. The summed E-state index contributed by atoms with van der Waals surface area (Å²) >= 11 is 0. The van der Waals surface area contributed by atoms with Crippen LogP contribution in [-0.2, 0) is 0 Å². The second-order valence-corrected chi connectivity index (χ2v) is 6.71. The minimum Gasteiger partial charge on any atom is -0.373 e. The average Bonchev–Trinajstić information content (AvgIpc) is 2.72. The van der Waals surface area contributed by atoms with E-state index in [1.54, 1.807) is 17.0 Å². The number of nitrogens with zero attached hydrogens (tertiary/aromatic N) is 2. The van der Waals surface area contributed by atoms with Gasteiger partial charge >= 0.3 is 0 Å². The number of H-pyrrole nitrogens is 1. The lowest BCUT2D eigenvalue weighted by Crippen LogP contribution is -2.32. The largest absolute Gasteiger partial charge is 0.373 e. The minimum atomic E-state index is -0.388. The van der Waals surface area contributed by atoms with Crippen LogP contribution in [0.3, 0.4) is 0 Å². The highest BCUT2D eigenvalue weighted by Crippen LogP contribution is 2.33. The van der Waals surface area contributed by atoms with Crippen LogP contribution < -0.4 is 15.4 Å². The van der Waals surface area contributed by atoms with Crippen LogP contribution in [-0.4, -0.2) is 31.0 Å². The molecular formula is C19H22FN3O2. The second-order valence-electron chi connectivity index (χ2n) is 6.71. The van der Waals surface area contributed by atoms with Crippen molar-refractivity contribution in [2.24, 2.45) is 0 Å². The van der Waals surface area contributed by atoms with E-state index < -0.39 is 0 Å². The number of pyridine rings is 1. The third kappa shape index (κ3) is 3.43. The molecule has 1 aliphatic heterocycles. The monoisotopic (exact) mass is 343 g/mol. The molecule has 2 aromatic rings. The van der Waals surface area contributed by atoms with Crippen molar-refractivity contribution in [3.05, 3.63) is 57.8 Å². The number of halogens is 1. The van der Waals surface area contributed by atoms with Crippen LogP contribution in [0, 0.1) is 5.82 Å². The molecule has 1 N–H and O–H groups in total. The number of carbonyl (C=O) groups excluding carboxylic acids is 1. The van der Waals surface area contributed by atoms with Crippen LogP contribution in [0.1, 0.15) is 42.2 Å². The topological polar surface area (TPSA) is 56.4 Å². The summed E-state index contributed by atoms with van der Waals surface area (Å²) in [5.41, 5.74) is 2.08. The van der Waals surface area contributed by atoms with Gasteiger partial charge in [-0.3, -0.25) is 9.59 Å². The van der Waals surface area contributed by atoms with Crippen molar-refractivity contribution in [1.29, 1.82) is 0 Å². The lowest BCUT2D eigenvalue weighted by molar-refractivity contribution is 0.0987. The van der Waals surface area contributed by atoms with Gasteiger partial charge in [-0.05, 0) is 36.6 Å². The van der Waals surface area contributed by atoms with Crippen LogP contribution in [0.15, 0.2) is 35.1 Å². The van der Waals surface area contributed by atoms with Gasteiger partial charge in [-0.25, -0.2) is 4.39 Å². The average molecular weight is 343 g/mol. The lowest BCUT2D eigenvalue weighted by Gasteiger charge is -2.24. The first-order chi connectivity index (χ1) is 11.9. The van der Waals surface area contributed by atoms with Gasteiger partial charge in [-0.1, -0.05) is 13.8 Å². The number of anilines is 2. The van der Waals surface area contributed by atoms with E-state index in [0.717, 1.165) is 18.7 Å². The summed E-state index contributed by atoms with van der Waals surface area (Å²) in [5, 5.41) is 0. The normalized spacial score (nSPS) is 14.4.